The van der Waals surface area contributed by atoms with Gasteiger partial charge in [-0.05, 0) is 37.8 Å². The summed E-state index contributed by atoms with van der Waals surface area (Å²) in [6, 6.07) is 10.7. The molecule has 0 aromatic heterocycles. The molecule has 0 bridgehead atoms. The van der Waals surface area contributed by atoms with Gasteiger partial charge in [-0.2, -0.15) is 0 Å². The first-order chi connectivity index (χ1) is 8.78. The number of carbonyl (C=O) groups excluding carboxylic acids is 1. The minimum Gasteiger partial charge on any atom is -0.352 e. The van der Waals surface area contributed by atoms with Gasteiger partial charge >= 0.3 is 0 Å². The summed E-state index contributed by atoms with van der Waals surface area (Å²) in [5, 5.41) is 6.48. The van der Waals surface area contributed by atoms with Crippen molar-refractivity contribution in [1.29, 1.82) is 0 Å². The van der Waals surface area contributed by atoms with Crippen LogP contribution in [0.2, 0.25) is 0 Å². The van der Waals surface area contributed by atoms with E-state index in [1.54, 1.807) is 0 Å². The summed E-state index contributed by atoms with van der Waals surface area (Å²) in [6.45, 7) is 1.95. The van der Waals surface area contributed by atoms with Gasteiger partial charge in [0, 0.05) is 12.6 Å². The van der Waals surface area contributed by atoms with Gasteiger partial charge in [0.15, 0.2) is 0 Å². The van der Waals surface area contributed by atoms with Crippen molar-refractivity contribution in [2.75, 3.05) is 13.1 Å². The highest BCUT2D eigenvalue weighted by molar-refractivity contribution is 5.86. The maximum Gasteiger partial charge on any atom is 0.226 e. The first kappa shape index (κ1) is 14.4. The van der Waals surface area contributed by atoms with Crippen LogP contribution in [0.1, 0.15) is 24.8 Å². The Morgan fingerprint density at radius 1 is 1.32 bits per heavy atom. The van der Waals surface area contributed by atoms with Crippen molar-refractivity contribution < 1.29 is 4.79 Å². The van der Waals surface area contributed by atoms with Crippen LogP contribution < -0.4 is 10.6 Å². The molecule has 19 heavy (non-hydrogen) atoms. The molecule has 2 aliphatic rings. The van der Waals surface area contributed by atoms with E-state index in [1.807, 2.05) is 18.2 Å². The van der Waals surface area contributed by atoms with Crippen molar-refractivity contribution in [3.63, 3.8) is 0 Å². The fourth-order valence-electron chi connectivity index (χ4n) is 2.74. The molecular weight excluding hydrogens is 260 g/mol. The zero-order chi connectivity index (χ0) is 12.4. The molecule has 0 radical (unpaired) electrons. The van der Waals surface area contributed by atoms with Gasteiger partial charge in [-0.1, -0.05) is 30.3 Å². The summed E-state index contributed by atoms with van der Waals surface area (Å²) in [4.78, 5) is 12.3. The molecule has 104 valence electrons. The number of rotatable bonds is 4. The molecule has 3 nitrogen and oxygen atoms in total. The third kappa shape index (κ3) is 3.28. The van der Waals surface area contributed by atoms with Gasteiger partial charge in [-0.15, -0.1) is 12.4 Å². The lowest BCUT2D eigenvalue weighted by molar-refractivity contribution is -0.126. The Balaban J connectivity index is 0.00000133. The number of hydrogen-bond donors (Lipinski definition) is 2. The molecule has 0 spiro atoms. The summed E-state index contributed by atoms with van der Waals surface area (Å²) in [5.41, 5.74) is 1.17. The van der Waals surface area contributed by atoms with E-state index in [0.717, 1.165) is 38.8 Å². The number of benzene rings is 1. The number of halogens is 1. The van der Waals surface area contributed by atoms with Gasteiger partial charge in [0.05, 0.1) is 5.41 Å². The van der Waals surface area contributed by atoms with E-state index in [0.29, 0.717) is 6.04 Å². The summed E-state index contributed by atoms with van der Waals surface area (Å²) >= 11 is 0. The number of carbonyl (C=O) groups is 1. The van der Waals surface area contributed by atoms with Crippen LogP contribution in [0.25, 0.3) is 0 Å². The molecule has 1 aliphatic carbocycles. The van der Waals surface area contributed by atoms with E-state index >= 15 is 0 Å². The monoisotopic (exact) mass is 280 g/mol. The lowest BCUT2D eigenvalue weighted by Gasteiger charge is -2.18. The Morgan fingerprint density at radius 3 is 2.63 bits per heavy atom. The van der Waals surface area contributed by atoms with Crippen LogP contribution in [0.15, 0.2) is 30.3 Å². The number of amides is 1. The van der Waals surface area contributed by atoms with Gasteiger partial charge < -0.3 is 10.6 Å². The standard InChI is InChI=1S/C15H20N2O.ClH/c18-14(17-13-6-9-16-11-13)15(7-8-15)10-12-4-2-1-3-5-12;/h1-5,13,16H,6-11H2,(H,17,18);1H. The first-order valence-electron chi connectivity index (χ1n) is 6.84. The zero-order valence-corrected chi connectivity index (χ0v) is 11.8. The Hall–Kier alpha value is -1.06. The average molecular weight is 281 g/mol. The third-order valence-corrected chi connectivity index (χ3v) is 4.12. The largest absolute Gasteiger partial charge is 0.352 e. The average Bonchev–Trinajstić information content (AvgIpc) is 2.99. The number of nitrogens with one attached hydrogen (secondary N) is 2. The first-order valence-corrected chi connectivity index (χ1v) is 6.84. The quantitative estimate of drug-likeness (QED) is 0.885. The van der Waals surface area contributed by atoms with Crippen molar-refractivity contribution >= 4 is 18.3 Å². The van der Waals surface area contributed by atoms with Gasteiger partial charge in [-0.25, -0.2) is 0 Å². The second-order valence-electron chi connectivity index (χ2n) is 5.61. The van der Waals surface area contributed by atoms with Crippen LogP contribution in [-0.4, -0.2) is 25.0 Å². The van der Waals surface area contributed by atoms with Gasteiger partial charge in [0.2, 0.25) is 5.91 Å². The molecule has 1 heterocycles. The molecule has 1 atom stereocenters. The summed E-state index contributed by atoms with van der Waals surface area (Å²) in [5.74, 6) is 0.264. The van der Waals surface area contributed by atoms with Crippen LogP contribution in [0, 0.1) is 5.41 Å². The van der Waals surface area contributed by atoms with Crippen molar-refractivity contribution in [3.05, 3.63) is 35.9 Å². The number of hydrogen-bond acceptors (Lipinski definition) is 2. The molecule has 2 N–H and O–H groups in total. The molecular formula is C15H21ClN2O. The van der Waals surface area contributed by atoms with Crippen LogP contribution in [-0.2, 0) is 11.2 Å². The van der Waals surface area contributed by atoms with Crippen molar-refractivity contribution in [3.8, 4) is 0 Å². The minimum absolute atomic E-state index is 0. The molecule has 1 amide bonds. The Labute approximate surface area is 120 Å². The minimum atomic E-state index is -0.107. The van der Waals surface area contributed by atoms with Crippen molar-refractivity contribution in [2.45, 2.75) is 31.7 Å². The lowest BCUT2D eigenvalue weighted by Crippen LogP contribution is -2.41. The molecule has 3 rings (SSSR count). The maximum atomic E-state index is 12.3. The zero-order valence-electron chi connectivity index (χ0n) is 11.0. The normalized spacial score (nSPS) is 23.5. The van der Waals surface area contributed by atoms with E-state index in [-0.39, 0.29) is 23.7 Å². The molecule has 1 saturated carbocycles. The van der Waals surface area contributed by atoms with E-state index in [9.17, 15) is 4.79 Å². The Bertz CT molecular complexity index is 425. The van der Waals surface area contributed by atoms with E-state index in [1.165, 1.54) is 5.56 Å². The Morgan fingerprint density at radius 2 is 2.05 bits per heavy atom. The molecule has 1 aliphatic heterocycles. The predicted molar refractivity (Wildman–Crippen MR) is 78.5 cm³/mol. The second kappa shape index (κ2) is 5.93. The highest BCUT2D eigenvalue weighted by Gasteiger charge is 2.49. The van der Waals surface area contributed by atoms with Crippen molar-refractivity contribution in [1.82, 2.24) is 10.6 Å². The summed E-state index contributed by atoms with van der Waals surface area (Å²) < 4.78 is 0. The summed E-state index contributed by atoms with van der Waals surface area (Å²) in [6.07, 6.45) is 4.02. The van der Waals surface area contributed by atoms with Crippen LogP contribution in [0.4, 0.5) is 0 Å². The van der Waals surface area contributed by atoms with E-state index in [2.05, 4.69) is 22.8 Å². The highest BCUT2D eigenvalue weighted by Crippen LogP contribution is 2.48. The second-order valence-corrected chi connectivity index (χ2v) is 5.61. The van der Waals surface area contributed by atoms with Crippen molar-refractivity contribution in [2.24, 2.45) is 5.41 Å². The van der Waals surface area contributed by atoms with E-state index in [4.69, 9.17) is 0 Å². The molecule has 1 aromatic carbocycles. The molecule has 2 fully saturated rings. The Kier molecular flexibility index (Phi) is 4.48. The summed E-state index contributed by atoms with van der Waals surface area (Å²) in [7, 11) is 0. The van der Waals surface area contributed by atoms with Crippen LogP contribution in [0.5, 0.6) is 0 Å². The predicted octanol–water partition coefficient (Wildman–Crippen LogP) is 1.91. The smallest absolute Gasteiger partial charge is 0.226 e. The molecule has 1 saturated heterocycles. The molecule has 1 aromatic rings. The van der Waals surface area contributed by atoms with Gasteiger partial charge in [0.25, 0.3) is 0 Å². The van der Waals surface area contributed by atoms with E-state index < -0.39 is 0 Å². The molecule has 1 unspecified atom stereocenters. The van der Waals surface area contributed by atoms with Crippen LogP contribution in [0.3, 0.4) is 0 Å². The van der Waals surface area contributed by atoms with Crippen LogP contribution >= 0.6 is 12.4 Å². The van der Waals surface area contributed by atoms with Gasteiger partial charge in [0.1, 0.15) is 0 Å². The maximum absolute atomic E-state index is 12.3. The highest BCUT2D eigenvalue weighted by atomic mass is 35.5. The fraction of sp³-hybridized carbons (Fsp3) is 0.533. The SMILES string of the molecule is Cl.O=C(NC1CCNC1)C1(Cc2ccccc2)CC1. The molecule has 4 heteroatoms. The van der Waals surface area contributed by atoms with Gasteiger partial charge in [-0.3, -0.25) is 4.79 Å². The topological polar surface area (TPSA) is 41.1 Å². The fourth-order valence-corrected chi connectivity index (χ4v) is 2.74. The third-order valence-electron chi connectivity index (χ3n) is 4.12. The lowest BCUT2D eigenvalue weighted by atomic mass is 9.95.